The minimum atomic E-state index is -1.14. The molecule has 7 nitrogen and oxygen atoms in total. The van der Waals surface area contributed by atoms with Gasteiger partial charge in [0.2, 0.25) is 5.91 Å². The number of carbonyl (C=O) groups is 2. The molecule has 0 saturated carbocycles. The molecule has 1 saturated heterocycles. The quantitative estimate of drug-likeness (QED) is 0.639. The highest BCUT2D eigenvalue weighted by Gasteiger charge is 2.59. The molecule has 0 bridgehead atoms. The van der Waals surface area contributed by atoms with Crippen LogP contribution in [0.5, 0.6) is 0 Å². The fourth-order valence-corrected chi connectivity index (χ4v) is 5.10. The molecule has 0 unspecified atom stereocenters. The van der Waals surface area contributed by atoms with Crippen LogP contribution in [0.1, 0.15) is 24.5 Å². The second kappa shape index (κ2) is 6.91. The van der Waals surface area contributed by atoms with Gasteiger partial charge in [-0.25, -0.2) is 9.78 Å². The summed E-state index contributed by atoms with van der Waals surface area (Å²) >= 11 is 2.63. The molecule has 1 aromatic rings. The molecule has 0 radical (unpaired) electrons. The lowest BCUT2D eigenvalue weighted by molar-refractivity contribution is -0.163. The number of aliphatic hydroxyl groups excluding tert-OH is 2. The minimum absolute atomic E-state index is 0.00392. The smallest absolute Gasteiger partial charge is 0.353 e. The highest BCUT2D eigenvalue weighted by Crippen LogP contribution is 2.50. The van der Waals surface area contributed by atoms with Gasteiger partial charge in [0, 0.05) is 16.2 Å². The van der Waals surface area contributed by atoms with Crippen molar-refractivity contribution in [1.82, 2.24) is 9.88 Å². The van der Waals surface area contributed by atoms with Crippen LogP contribution in [-0.2, 0) is 16.2 Å². The van der Waals surface area contributed by atoms with Crippen LogP contribution in [0, 0.1) is 11.8 Å². The average molecular weight is 382 g/mol. The van der Waals surface area contributed by atoms with Crippen LogP contribution in [0.4, 0.5) is 0 Å². The van der Waals surface area contributed by atoms with Crippen molar-refractivity contribution >= 4 is 41.1 Å². The number of β-lactam (4-membered cyclic amide) rings is 1. The van der Waals surface area contributed by atoms with E-state index < -0.39 is 18.0 Å². The number of carbonyl (C=O) groups excluding carboxylic acids is 1. The second-order valence-corrected chi connectivity index (χ2v) is 7.87. The molecule has 1 aromatic heterocycles. The predicted octanol–water partition coefficient (Wildman–Crippen LogP) is 1.49. The molecule has 25 heavy (non-hydrogen) atoms. The third kappa shape index (κ3) is 3.01. The lowest BCUT2D eigenvalue weighted by atomic mass is 9.79. The van der Waals surface area contributed by atoms with Gasteiger partial charge in [-0.05, 0) is 18.4 Å². The van der Waals surface area contributed by atoms with Crippen LogP contribution in [0.25, 0.3) is 6.08 Å². The Kier molecular flexibility index (Phi) is 5.01. The maximum Gasteiger partial charge on any atom is 0.353 e. The zero-order valence-electron chi connectivity index (χ0n) is 13.6. The Morgan fingerprint density at radius 2 is 2.28 bits per heavy atom. The van der Waals surface area contributed by atoms with Gasteiger partial charge >= 0.3 is 5.97 Å². The summed E-state index contributed by atoms with van der Waals surface area (Å²) in [5.74, 6) is -2.20. The van der Waals surface area contributed by atoms with Gasteiger partial charge in [-0.2, -0.15) is 0 Å². The third-order valence-corrected chi connectivity index (χ3v) is 6.40. The summed E-state index contributed by atoms with van der Waals surface area (Å²) in [6.07, 6.45) is 0.940. The van der Waals surface area contributed by atoms with E-state index in [1.807, 2.05) is 6.92 Å². The van der Waals surface area contributed by atoms with Gasteiger partial charge in [0.25, 0.3) is 0 Å². The van der Waals surface area contributed by atoms with Gasteiger partial charge in [-0.1, -0.05) is 18.7 Å². The first kappa shape index (κ1) is 18.1. The molecule has 1 amide bonds. The van der Waals surface area contributed by atoms with Gasteiger partial charge in [0.05, 0.1) is 30.4 Å². The average Bonchev–Trinajstić information content (AvgIpc) is 3.09. The van der Waals surface area contributed by atoms with E-state index in [1.54, 1.807) is 23.8 Å². The summed E-state index contributed by atoms with van der Waals surface area (Å²) < 4.78 is 0. The first-order valence-corrected chi connectivity index (χ1v) is 9.49. The molecule has 0 spiro atoms. The summed E-state index contributed by atoms with van der Waals surface area (Å²) in [4.78, 5) is 30.0. The van der Waals surface area contributed by atoms with Crippen LogP contribution in [0.15, 0.2) is 21.4 Å². The van der Waals surface area contributed by atoms with Crippen molar-refractivity contribution in [2.75, 3.05) is 0 Å². The highest BCUT2D eigenvalue weighted by atomic mass is 32.2. The molecular weight excluding hydrogens is 364 g/mol. The van der Waals surface area contributed by atoms with E-state index in [2.05, 4.69) is 4.98 Å². The number of carboxylic acids is 1. The predicted molar refractivity (Wildman–Crippen MR) is 94.3 cm³/mol. The zero-order chi connectivity index (χ0) is 18.3. The Labute approximate surface area is 152 Å². The maximum atomic E-state index is 12.2. The monoisotopic (exact) mass is 382 g/mol. The highest BCUT2D eigenvalue weighted by molar-refractivity contribution is 8.06. The molecule has 2 aliphatic rings. The summed E-state index contributed by atoms with van der Waals surface area (Å²) in [7, 11) is 0. The lowest BCUT2D eigenvalue weighted by Crippen LogP contribution is -2.63. The number of aliphatic hydroxyl groups is 2. The summed E-state index contributed by atoms with van der Waals surface area (Å²) in [6, 6.07) is -0.310. The zero-order valence-corrected chi connectivity index (χ0v) is 15.3. The topological polar surface area (TPSA) is 111 Å². The Morgan fingerprint density at radius 3 is 2.84 bits per heavy atom. The number of hydrogen-bond donors (Lipinski definition) is 3. The fourth-order valence-electron chi connectivity index (χ4n) is 3.32. The van der Waals surface area contributed by atoms with E-state index in [0.29, 0.717) is 15.6 Å². The molecule has 3 rings (SSSR count). The van der Waals surface area contributed by atoms with Crippen molar-refractivity contribution in [3.63, 3.8) is 0 Å². The molecular formula is C16H18N2O5S2. The summed E-state index contributed by atoms with van der Waals surface area (Å²) in [6.45, 7) is 3.31. The summed E-state index contributed by atoms with van der Waals surface area (Å²) in [5.41, 5.74) is 0.591. The SMILES string of the molecule is C[C@@H](O)[C@H]1C(=O)N2C(C(=O)O)=C(SC=Cc3nc(CO)cs3)[C@H](C)[C@H]12. The van der Waals surface area contributed by atoms with Crippen LogP contribution in [0.3, 0.4) is 0 Å². The molecule has 0 aliphatic carbocycles. The van der Waals surface area contributed by atoms with Crippen LogP contribution >= 0.6 is 23.1 Å². The Hall–Kier alpha value is -1.68. The number of amides is 1. The van der Waals surface area contributed by atoms with E-state index >= 15 is 0 Å². The van der Waals surface area contributed by atoms with E-state index in [9.17, 15) is 19.8 Å². The Morgan fingerprint density at radius 1 is 1.56 bits per heavy atom. The molecule has 0 aromatic carbocycles. The van der Waals surface area contributed by atoms with Gasteiger partial charge in [-0.3, -0.25) is 4.79 Å². The number of thiazole rings is 1. The number of fused-ring (bicyclic) bond motifs is 1. The number of carboxylic acid groups (broad SMARTS) is 1. The molecule has 9 heteroatoms. The standard InChI is InChI=1S/C16H18N2O5S2/c1-7-12-11(8(2)20)15(21)18(12)13(16(22)23)14(7)24-4-3-10-17-9(5-19)6-25-10/h3-4,6-8,11-12,19-20H,5H2,1-2H3,(H,22,23)/t7-,8-,11-,12-/m1/s1. The van der Waals surface area contributed by atoms with E-state index in [0.717, 1.165) is 0 Å². The molecule has 3 N–H and O–H groups in total. The number of aromatic nitrogens is 1. The molecule has 2 aliphatic heterocycles. The van der Waals surface area contributed by atoms with Crippen LogP contribution in [-0.4, -0.2) is 49.2 Å². The number of aliphatic carboxylic acids is 1. The van der Waals surface area contributed by atoms with Gasteiger partial charge in [0.1, 0.15) is 10.7 Å². The molecule has 134 valence electrons. The Bertz CT molecular complexity index is 770. The van der Waals surface area contributed by atoms with E-state index in [1.165, 1.54) is 28.0 Å². The fraction of sp³-hybridized carbons (Fsp3) is 0.438. The largest absolute Gasteiger partial charge is 0.477 e. The van der Waals surface area contributed by atoms with Gasteiger partial charge in [-0.15, -0.1) is 11.3 Å². The lowest BCUT2D eigenvalue weighted by Gasteiger charge is -2.46. The van der Waals surface area contributed by atoms with E-state index in [4.69, 9.17) is 5.11 Å². The first-order chi connectivity index (χ1) is 11.9. The number of rotatable bonds is 6. The third-order valence-electron chi connectivity index (χ3n) is 4.45. The van der Waals surface area contributed by atoms with Crippen molar-refractivity contribution in [1.29, 1.82) is 0 Å². The van der Waals surface area contributed by atoms with Crippen LogP contribution in [0.2, 0.25) is 0 Å². The number of thioether (sulfide) groups is 1. The van der Waals surface area contributed by atoms with Crippen molar-refractivity contribution in [2.45, 2.75) is 32.6 Å². The van der Waals surface area contributed by atoms with Gasteiger partial charge < -0.3 is 20.2 Å². The van der Waals surface area contributed by atoms with E-state index in [-0.39, 0.29) is 30.2 Å². The first-order valence-electron chi connectivity index (χ1n) is 7.73. The number of nitrogens with zero attached hydrogens (tertiary/aromatic N) is 2. The maximum absolute atomic E-state index is 12.2. The molecule has 3 heterocycles. The molecule has 1 fully saturated rings. The van der Waals surface area contributed by atoms with Crippen molar-refractivity contribution < 1.29 is 24.9 Å². The van der Waals surface area contributed by atoms with Crippen molar-refractivity contribution in [3.8, 4) is 0 Å². The Balaban J connectivity index is 1.81. The minimum Gasteiger partial charge on any atom is -0.477 e. The molecule has 4 atom stereocenters. The van der Waals surface area contributed by atoms with Crippen molar-refractivity contribution in [3.05, 3.63) is 32.1 Å². The van der Waals surface area contributed by atoms with Crippen LogP contribution < -0.4 is 0 Å². The van der Waals surface area contributed by atoms with Crippen molar-refractivity contribution in [2.24, 2.45) is 11.8 Å². The van der Waals surface area contributed by atoms with Gasteiger partial charge in [0.15, 0.2) is 0 Å². The number of hydrogen-bond acceptors (Lipinski definition) is 7. The second-order valence-electron chi connectivity index (χ2n) is 6.03. The normalized spacial score (nSPS) is 27.0. The summed E-state index contributed by atoms with van der Waals surface area (Å²) in [5, 5.41) is 32.6.